The minimum atomic E-state index is -0.556. The fraction of sp³-hybridized carbons (Fsp3) is 0.562. The summed E-state index contributed by atoms with van der Waals surface area (Å²) in [6.07, 6.45) is 2.35. The van der Waals surface area contributed by atoms with Gasteiger partial charge in [0.1, 0.15) is 0 Å². The molecule has 2 N–H and O–H groups in total. The molecule has 1 amide bonds. The lowest BCUT2D eigenvalue weighted by Crippen LogP contribution is -2.51. The second kappa shape index (κ2) is 6.34. The molecule has 114 valence electrons. The zero-order valence-electron chi connectivity index (χ0n) is 12.0. The number of hydrogen-bond acceptors (Lipinski definition) is 3. The lowest BCUT2D eigenvalue weighted by Gasteiger charge is -2.37. The van der Waals surface area contributed by atoms with Gasteiger partial charge in [0.2, 0.25) is 5.91 Å². The Morgan fingerprint density at radius 1 is 1.33 bits per heavy atom. The molecule has 4 nitrogen and oxygen atoms in total. The summed E-state index contributed by atoms with van der Waals surface area (Å²) < 4.78 is 5.47. The second-order valence-corrected chi connectivity index (χ2v) is 6.24. The van der Waals surface area contributed by atoms with E-state index in [1.165, 1.54) is 0 Å². The van der Waals surface area contributed by atoms with Gasteiger partial charge in [-0.3, -0.25) is 4.79 Å². The predicted octanol–water partition coefficient (Wildman–Crippen LogP) is 1.87. The molecule has 0 aliphatic carbocycles. The predicted molar refractivity (Wildman–Crippen MR) is 82.6 cm³/mol. The average molecular weight is 309 g/mol. The number of benzene rings is 1. The fourth-order valence-corrected chi connectivity index (χ4v) is 3.61. The van der Waals surface area contributed by atoms with E-state index in [1.807, 2.05) is 24.3 Å². The van der Waals surface area contributed by atoms with Crippen LogP contribution in [0.5, 0.6) is 0 Å². The van der Waals surface area contributed by atoms with E-state index in [9.17, 15) is 4.79 Å². The van der Waals surface area contributed by atoms with Crippen LogP contribution in [0.4, 0.5) is 0 Å². The van der Waals surface area contributed by atoms with Gasteiger partial charge < -0.3 is 15.4 Å². The molecular formula is C16H21ClN2O2. The van der Waals surface area contributed by atoms with Gasteiger partial charge in [0.05, 0.1) is 5.41 Å². The van der Waals surface area contributed by atoms with Gasteiger partial charge in [0, 0.05) is 30.8 Å². The maximum absolute atomic E-state index is 13.0. The number of halogens is 1. The quantitative estimate of drug-likeness (QED) is 0.896. The van der Waals surface area contributed by atoms with Crippen molar-refractivity contribution in [2.24, 2.45) is 0 Å². The van der Waals surface area contributed by atoms with Crippen LogP contribution < -0.4 is 10.6 Å². The lowest BCUT2D eigenvalue weighted by atomic mass is 9.73. The summed E-state index contributed by atoms with van der Waals surface area (Å²) in [5, 5.41) is 7.14. The summed E-state index contributed by atoms with van der Waals surface area (Å²) in [6, 6.07) is 7.90. The van der Waals surface area contributed by atoms with Gasteiger partial charge >= 0.3 is 0 Å². The third kappa shape index (κ3) is 2.93. The van der Waals surface area contributed by atoms with Gasteiger partial charge in [-0.05, 0) is 37.4 Å². The number of amides is 1. The second-order valence-electron chi connectivity index (χ2n) is 5.84. The van der Waals surface area contributed by atoms with Crippen molar-refractivity contribution in [2.45, 2.75) is 30.7 Å². The zero-order valence-corrected chi connectivity index (χ0v) is 12.8. The first-order valence-electron chi connectivity index (χ1n) is 7.57. The van der Waals surface area contributed by atoms with Crippen LogP contribution in [0.3, 0.4) is 0 Å². The Bertz CT molecular complexity index is 509. The standard InChI is InChI=1S/C16H21ClN2O2/c17-14-4-2-1-3-13(14)16(6-9-21-10-7-16)15(20)19-12-5-8-18-11-12/h1-4,12,18H,5-11H2,(H,19,20). The smallest absolute Gasteiger partial charge is 0.231 e. The highest BCUT2D eigenvalue weighted by atomic mass is 35.5. The first-order chi connectivity index (χ1) is 10.2. The van der Waals surface area contributed by atoms with Crippen molar-refractivity contribution in [3.8, 4) is 0 Å². The highest BCUT2D eigenvalue weighted by Gasteiger charge is 2.43. The summed E-state index contributed by atoms with van der Waals surface area (Å²) in [7, 11) is 0. The number of carbonyl (C=O) groups excluding carboxylic acids is 1. The monoisotopic (exact) mass is 308 g/mol. The van der Waals surface area contributed by atoms with Crippen LogP contribution in [-0.2, 0) is 14.9 Å². The first kappa shape index (κ1) is 14.8. The Balaban J connectivity index is 1.89. The van der Waals surface area contributed by atoms with E-state index in [-0.39, 0.29) is 11.9 Å². The van der Waals surface area contributed by atoms with Crippen LogP contribution in [0.2, 0.25) is 5.02 Å². The Hall–Kier alpha value is -1.10. The van der Waals surface area contributed by atoms with Gasteiger partial charge in [-0.1, -0.05) is 29.8 Å². The zero-order chi connectivity index (χ0) is 14.7. The maximum Gasteiger partial charge on any atom is 0.231 e. The van der Waals surface area contributed by atoms with E-state index in [0.29, 0.717) is 31.1 Å². The molecule has 1 atom stereocenters. The van der Waals surface area contributed by atoms with Crippen molar-refractivity contribution < 1.29 is 9.53 Å². The molecule has 2 aliphatic rings. The van der Waals surface area contributed by atoms with E-state index in [4.69, 9.17) is 16.3 Å². The molecule has 0 aromatic heterocycles. The van der Waals surface area contributed by atoms with Crippen molar-refractivity contribution in [1.82, 2.24) is 10.6 Å². The highest BCUT2D eigenvalue weighted by Crippen LogP contribution is 2.39. The third-order valence-electron chi connectivity index (χ3n) is 4.57. The summed E-state index contributed by atoms with van der Waals surface area (Å²) in [4.78, 5) is 13.0. The van der Waals surface area contributed by atoms with Gasteiger partial charge in [0.25, 0.3) is 0 Å². The van der Waals surface area contributed by atoms with E-state index in [0.717, 1.165) is 25.1 Å². The minimum Gasteiger partial charge on any atom is -0.381 e. The maximum atomic E-state index is 13.0. The number of nitrogens with one attached hydrogen (secondary N) is 2. The SMILES string of the molecule is O=C(NC1CCNC1)C1(c2ccccc2Cl)CCOCC1. The molecule has 1 aromatic rings. The molecule has 1 unspecified atom stereocenters. The normalized spacial score (nSPS) is 24.7. The van der Waals surface area contributed by atoms with Crippen molar-refractivity contribution in [1.29, 1.82) is 0 Å². The Morgan fingerprint density at radius 2 is 2.10 bits per heavy atom. The molecule has 2 aliphatic heterocycles. The van der Waals surface area contributed by atoms with Crippen molar-refractivity contribution in [3.63, 3.8) is 0 Å². The minimum absolute atomic E-state index is 0.0904. The summed E-state index contributed by atoms with van der Waals surface area (Å²) >= 11 is 6.37. The molecule has 0 radical (unpaired) electrons. The number of ether oxygens (including phenoxy) is 1. The molecule has 3 rings (SSSR count). The van der Waals surface area contributed by atoms with Gasteiger partial charge in [0.15, 0.2) is 0 Å². The van der Waals surface area contributed by atoms with E-state index < -0.39 is 5.41 Å². The largest absolute Gasteiger partial charge is 0.381 e. The van der Waals surface area contributed by atoms with Crippen molar-refractivity contribution >= 4 is 17.5 Å². The lowest BCUT2D eigenvalue weighted by molar-refractivity contribution is -0.131. The molecule has 1 aromatic carbocycles. The van der Waals surface area contributed by atoms with E-state index in [1.54, 1.807) is 0 Å². The van der Waals surface area contributed by atoms with E-state index in [2.05, 4.69) is 10.6 Å². The van der Waals surface area contributed by atoms with Crippen LogP contribution in [0.15, 0.2) is 24.3 Å². The van der Waals surface area contributed by atoms with Crippen LogP contribution in [-0.4, -0.2) is 38.3 Å². The topological polar surface area (TPSA) is 50.4 Å². The molecule has 0 bridgehead atoms. The number of rotatable bonds is 3. The summed E-state index contributed by atoms with van der Waals surface area (Å²) in [5.74, 6) is 0.0904. The Labute approximate surface area is 130 Å². The molecule has 2 heterocycles. The van der Waals surface area contributed by atoms with Crippen molar-refractivity contribution in [3.05, 3.63) is 34.9 Å². The molecule has 2 saturated heterocycles. The Morgan fingerprint density at radius 3 is 2.76 bits per heavy atom. The highest BCUT2D eigenvalue weighted by molar-refractivity contribution is 6.31. The van der Waals surface area contributed by atoms with Crippen LogP contribution in [0.1, 0.15) is 24.8 Å². The van der Waals surface area contributed by atoms with E-state index >= 15 is 0 Å². The molecule has 21 heavy (non-hydrogen) atoms. The van der Waals surface area contributed by atoms with Gasteiger partial charge in [-0.15, -0.1) is 0 Å². The molecular weight excluding hydrogens is 288 g/mol. The summed E-state index contributed by atoms with van der Waals surface area (Å²) in [5.41, 5.74) is 0.373. The summed E-state index contributed by atoms with van der Waals surface area (Å²) in [6.45, 7) is 3.01. The number of hydrogen-bond donors (Lipinski definition) is 2. The Kier molecular flexibility index (Phi) is 4.48. The fourth-order valence-electron chi connectivity index (χ4n) is 3.29. The molecule has 0 saturated carbocycles. The molecule has 0 spiro atoms. The van der Waals surface area contributed by atoms with Crippen LogP contribution >= 0.6 is 11.6 Å². The van der Waals surface area contributed by atoms with Gasteiger partial charge in [-0.25, -0.2) is 0 Å². The van der Waals surface area contributed by atoms with Gasteiger partial charge in [-0.2, -0.15) is 0 Å². The van der Waals surface area contributed by atoms with Crippen molar-refractivity contribution in [2.75, 3.05) is 26.3 Å². The van der Waals surface area contributed by atoms with Crippen LogP contribution in [0.25, 0.3) is 0 Å². The number of carbonyl (C=O) groups is 1. The average Bonchev–Trinajstić information content (AvgIpc) is 3.01. The third-order valence-corrected chi connectivity index (χ3v) is 4.90. The molecule has 2 fully saturated rings. The van der Waals surface area contributed by atoms with Crippen LogP contribution in [0, 0.1) is 0 Å². The first-order valence-corrected chi connectivity index (χ1v) is 7.95. The molecule has 5 heteroatoms.